The van der Waals surface area contributed by atoms with Crippen LogP contribution in [0.25, 0.3) is 22.3 Å². The van der Waals surface area contributed by atoms with Crippen LogP contribution in [0.4, 0.5) is 0 Å². The first-order valence-electron chi connectivity index (χ1n) is 14.8. The van der Waals surface area contributed by atoms with Crippen LogP contribution >= 0.6 is 8.60 Å². The van der Waals surface area contributed by atoms with Gasteiger partial charge in [-0.15, -0.1) is 0 Å². The van der Waals surface area contributed by atoms with E-state index in [0.29, 0.717) is 5.75 Å². The molecule has 0 bridgehead atoms. The van der Waals surface area contributed by atoms with Crippen molar-refractivity contribution in [1.29, 1.82) is 0 Å². The Labute approximate surface area is 245 Å². The third-order valence-electron chi connectivity index (χ3n) is 9.51. The minimum Gasteiger partial charge on any atom is -0.426 e. The van der Waals surface area contributed by atoms with E-state index in [1.165, 1.54) is 33.4 Å². The van der Waals surface area contributed by atoms with Crippen molar-refractivity contribution >= 4 is 8.60 Å². The van der Waals surface area contributed by atoms with Crippen LogP contribution in [0.15, 0.2) is 42.5 Å². The van der Waals surface area contributed by atoms with Gasteiger partial charge in [0.2, 0.25) is 0 Å². The third-order valence-corrected chi connectivity index (χ3v) is 9.87. The van der Waals surface area contributed by atoms with Gasteiger partial charge in [0.25, 0.3) is 0 Å². The van der Waals surface area contributed by atoms with Gasteiger partial charge in [-0.05, 0) is 112 Å². The summed E-state index contributed by atoms with van der Waals surface area (Å²) in [6.45, 7) is 27.1. The van der Waals surface area contributed by atoms with E-state index in [9.17, 15) is 9.79 Å². The fraction of sp³-hybridized carbons (Fsp3) is 0.500. The van der Waals surface area contributed by atoms with Crippen molar-refractivity contribution in [2.75, 3.05) is 0 Å². The first-order chi connectivity index (χ1) is 18.5. The van der Waals surface area contributed by atoms with Crippen LogP contribution in [0.2, 0.25) is 0 Å². The maximum absolute atomic E-state index is 10.2. The summed E-state index contributed by atoms with van der Waals surface area (Å²) in [7, 11) is -2.61. The maximum atomic E-state index is 10.2. The standard InChI is InChI=1S/C36H51O3P/c1-13-34(7,8)31-23(4)18-16-20-26(31)28-22-29(39-40(37)38)30(25(6)33(28)36(11,12)15-3)27-21-17-19-24(5)32(27)35(9,10)14-2/h16-22,37-38H,13-15H2,1-12H3. The Bertz CT molecular complexity index is 1360. The van der Waals surface area contributed by atoms with Gasteiger partial charge in [0, 0.05) is 5.56 Å². The SMILES string of the molecule is CCC(C)(C)c1c(C)cccc1-c1cc(OP(O)O)c(-c2cccc(C)c2C(C)(C)CC)c(C)c1C(C)(C)CC. The molecule has 3 aromatic carbocycles. The normalized spacial score (nSPS) is 12.8. The summed E-state index contributed by atoms with van der Waals surface area (Å²) in [5.41, 5.74) is 11.7. The zero-order valence-electron chi connectivity index (χ0n) is 26.9. The quantitative estimate of drug-likeness (QED) is 0.242. The molecule has 0 aliphatic rings. The lowest BCUT2D eigenvalue weighted by atomic mass is 9.69. The molecule has 0 amide bonds. The average Bonchev–Trinajstić information content (AvgIpc) is 2.87. The van der Waals surface area contributed by atoms with E-state index in [1.54, 1.807) is 0 Å². The fourth-order valence-corrected chi connectivity index (χ4v) is 6.78. The first kappa shape index (κ1) is 32.3. The van der Waals surface area contributed by atoms with Gasteiger partial charge in [-0.2, -0.15) is 0 Å². The van der Waals surface area contributed by atoms with Gasteiger partial charge < -0.3 is 14.3 Å². The molecule has 4 heteroatoms. The highest BCUT2D eigenvalue weighted by Crippen LogP contribution is 2.52. The van der Waals surface area contributed by atoms with E-state index in [-0.39, 0.29) is 16.2 Å². The average molecular weight is 563 g/mol. The first-order valence-corrected chi connectivity index (χ1v) is 15.9. The summed E-state index contributed by atoms with van der Waals surface area (Å²) in [6, 6.07) is 15.1. The van der Waals surface area contributed by atoms with Gasteiger partial charge in [0.1, 0.15) is 5.75 Å². The highest BCUT2D eigenvalue weighted by Gasteiger charge is 2.34. The monoisotopic (exact) mass is 562 g/mol. The van der Waals surface area contributed by atoms with Crippen molar-refractivity contribution in [3.8, 4) is 28.0 Å². The van der Waals surface area contributed by atoms with Gasteiger partial charge in [-0.1, -0.05) is 98.7 Å². The van der Waals surface area contributed by atoms with Crippen molar-refractivity contribution in [2.24, 2.45) is 0 Å². The van der Waals surface area contributed by atoms with Crippen LogP contribution in [-0.4, -0.2) is 9.79 Å². The van der Waals surface area contributed by atoms with Gasteiger partial charge >= 0.3 is 8.60 Å². The second-order valence-corrected chi connectivity index (χ2v) is 14.0. The third kappa shape index (κ3) is 6.03. The van der Waals surface area contributed by atoms with Crippen LogP contribution in [-0.2, 0) is 16.2 Å². The molecule has 0 fully saturated rings. The smallest absolute Gasteiger partial charge is 0.391 e. The molecule has 0 saturated heterocycles. The molecular weight excluding hydrogens is 511 g/mol. The number of hydrogen-bond donors (Lipinski definition) is 2. The van der Waals surface area contributed by atoms with Crippen LogP contribution in [0.1, 0.15) is 115 Å². The van der Waals surface area contributed by atoms with Crippen LogP contribution in [0, 0.1) is 20.8 Å². The molecule has 0 heterocycles. The molecule has 0 radical (unpaired) electrons. The summed E-state index contributed by atoms with van der Waals surface area (Å²) in [5, 5.41) is 0. The van der Waals surface area contributed by atoms with E-state index in [4.69, 9.17) is 4.52 Å². The van der Waals surface area contributed by atoms with Gasteiger partial charge in [-0.25, -0.2) is 0 Å². The minimum atomic E-state index is -2.61. The van der Waals surface area contributed by atoms with Crippen molar-refractivity contribution in [1.82, 2.24) is 0 Å². The van der Waals surface area contributed by atoms with Gasteiger partial charge in [0.15, 0.2) is 0 Å². The van der Waals surface area contributed by atoms with Crippen molar-refractivity contribution in [3.63, 3.8) is 0 Å². The molecule has 0 saturated carbocycles. The zero-order valence-corrected chi connectivity index (χ0v) is 27.8. The maximum Gasteiger partial charge on any atom is 0.391 e. The van der Waals surface area contributed by atoms with E-state index in [2.05, 4.69) is 126 Å². The molecule has 40 heavy (non-hydrogen) atoms. The van der Waals surface area contributed by atoms with Crippen molar-refractivity contribution < 1.29 is 14.3 Å². The molecule has 218 valence electrons. The van der Waals surface area contributed by atoms with Crippen LogP contribution in [0.5, 0.6) is 5.75 Å². The lowest BCUT2D eigenvalue weighted by molar-refractivity contribution is 0.375. The largest absolute Gasteiger partial charge is 0.426 e. The fourth-order valence-electron chi connectivity index (χ4n) is 6.46. The van der Waals surface area contributed by atoms with E-state index in [1.807, 2.05) is 0 Å². The molecule has 3 rings (SSSR count). The lowest BCUT2D eigenvalue weighted by Gasteiger charge is -2.35. The Hall–Kier alpha value is -2.19. The highest BCUT2D eigenvalue weighted by molar-refractivity contribution is 7.39. The lowest BCUT2D eigenvalue weighted by Crippen LogP contribution is -2.23. The van der Waals surface area contributed by atoms with Crippen LogP contribution < -0.4 is 4.52 Å². The Morgan fingerprint density at radius 2 is 1.05 bits per heavy atom. The molecule has 0 aliphatic carbocycles. The predicted octanol–water partition coefficient (Wildman–Crippen LogP) is 10.6. The number of aryl methyl sites for hydroxylation is 2. The minimum absolute atomic E-state index is 0.0304. The van der Waals surface area contributed by atoms with E-state index in [0.717, 1.165) is 41.5 Å². The summed E-state index contributed by atoms with van der Waals surface area (Å²) in [6.07, 6.45) is 2.96. The Balaban J connectivity index is 2.62. The summed E-state index contributed by atoms with van der Waals surface area (Å²) in [5.74, 6) is 0.528. The molecular formula is C36H51O3P. The molecule has 3 aromatic rings. The number of hydrogen-bond acceptors (Lipinski definition) is 3. The number of rotatable bonds is 10. The topological polar surface area (TPSA) is 49.7 Å². The highest BCUT2D eigenvalue weighted by atomic mass is 31.2. The predicted molar refractivity (Wildman–Crippen MR) is 173 cm³/mol. The molecule has 0 aliphatic heterocycles. The molecule has 2 N–H and O–H groups in total. The molecule has 0 spiro atoms. The van der Waals surface area contributed by atoms with E-state index < -0.39 is 8.60 Å². The summed E-state index contributed by atoms with van der Waals surface area (Å²) in [4.78, 5) is 20.4. The van der Waals surface area contributed by atoms with Gasteiger partial charge in [-0.3, -0.25) is 0 Å². The second-order valence-electron chi connectivity index (χ2n) is 13.3. The Kier molecular flexibility index (Phi) is 9.67. The Morgan fingerprint density at radius 3 is 1.50 bits per heavy atom. The zero-order chi connectivity index (χ0) is 30.2. The number of benzene rings is 3. The molecule has 3 nitrogen and oxygen atoms in total. The molecule has 0 aromatic heterocycles. The summed E-state index contributed by atoms with van der Waals surface area (Å²) >= 11 is 0. The molecule has 0 atom stereocenters. The van der Waals surface area contributed by atoms with Crippen LogP contribution in [0.3, 0.4) is 0 Å². The Morgan fingerprint density at radius 1 is 0.625 bits per heavy atom. The van der Waals surface area contributed by atoms with Crippen molar-refractivity contribution in [2.45, 2.75) is 119 Å². The summed E-state index contributed by atoms with van der Waals surface area (Å²) < 4.78 is 5.94. The van der Waals surface area contributed by atoms with Gasteiger partial charge in [0.05, 0.1) is 0 Å². The second kappa shape index (κ2) is 12.0. The molecule has 0 unspecified atom stereocenters. The van der Waals surface area contributed by atoms with E-state index >= 15 is 0 Å². The van der Waals surface area contributed by atoms with Crippen molar-refractivity contribution in [3.05, 3.63) is 75.8 Å².